The summed E-state index contributed by atoms with van der Waals surface area (Å²) in [5.74, 6) is -1.19. The Morgan fingerprint density at radius 3 is 1.86 bits per heavy atom. The van der Waals surface area contributed by atoms with Crippen LogP contribution in [0.1, 0.15) is 106 Å². The molecule has 0 radical (unpaired) electrons. The molecule has 0 aromatic heterocycles. The van der Waals surface area contributed by atoms with Crippen LogP contribution >= 0.6 is 0 Å². The Labute approximate surface area is 341 Å². The molecule has 4 saturated carbocycles. The van der Waals surface area contributed by atoms with Crippen molar-refractivity contribution >= 4 is 5.97 Å². The third-order valence-corrected chi connectivity index (χ3v) is 18.3. The highest BCUT2D eigenvalue weighted by Gasteiger charge is 2.73. The van der Waals surface area contributed by atoms with Gasteiger partial charge in [0.25, 0.3) is 0 Å². The van der Waals surface area contributed by atoms with Crippen molar-refractivity contribution < 1.29 is 74.8 Å². The normalized spacial score (nSPS) is 55.2. The van der Waals surface area contributed by atoms with E-state index >= 15 is 0 Å². The molecule has 0 unspecified atom stereocenters. The molecule has 0 aromatic rings. The van der Waals surface area contributed by atoms with Crippen LogP contribution in [0.15, 0.2) is 11.6 Å². The van der Waals surface area contributed by atoms with E-state index in [2.05, 4.69) is 26.8 Å². The molecule has 10 N–H and O–H groups in total. The minimum absolute atomic E-state index is 0.0156. The van der Waals surface area contributed by atoms with Gasteiger partial charge in [-0.3, -0.25) is 4.79 Å². The number of aliphatic hydroxyl groups excluding tert-OH is 9. The van der Waals surface area contributed by atoms with Crippen LogP contribution in [0.4, 0.5) is 0 Å². The zero-order chi connectivity index (χ0) is 42.8. The van der Waals surface area contributed by atoms with Crippen molar-refractivity contribution in [3.63, 3.8) is 0 Å². The maximum atomic E-state index is 14.7. The molecule has 20 atom stereocenters. The first kappa shape index (κ1) is 44.7. The van der Waals surface area contributed by atoms with Gasteiger partial charge in [0, 0.05) is 11.3 Å². The summed E-state index contributed by atoms with van der Waals surface area (Å²) < 4.78 is 23.7. The number of ether oxygens (including phenoxy) is 4. The first-order valence-corrected chi connectivity index (χ1v) is 21.5. The van der Waals surface area contributed by atoms with E-state index in [4.69, 9.17) is 18.9 Å². The van der Waals surface area contributed by atoms with Gasteiger partial charge in [-0.05, 0) is 98.2 Å². The van der Waals surface area contributed by atoms with Crippen LogP contribution in [0, 0.1) is 50.2 Å². The molecule has 7 rings (SSSR count). The Hall–Kier alpha value is -1.31. The molecule has 0 bridgehead atoms. The fraction of sp³-hybridized carbons (Fsp3) is 0.930. The standard InChI is InChI=1S/C43H70O15/c1-37(2)14-16-43(36(53)58-35-32(52)30(50)28(48)23(19-45)56-35)17-15-40(5)21(33(43)42(37,7)54)8-9-25-38(3)12-11-26(39(4,20-46)24(38)10-13-41(25,40)6)57-34-31(51)29(49)27(47)22(18-44)55-34/h8,22-35,44-52,54H,9-20H2,1-7H3/t22-,23-,24-,25-,26+,27-,28-,29+,30+,31-,32-,33-,34+,35+,38+,39+,40-,41-,42+,43+/m1/s1. The molecular formula is C43H70O15. The molecule has 58 heavy (non-hydrogen) atoms. The lowest BCUT2D eigenvalue weighted by Crippen LogP contribution is -2.70. The molecule has 5 aliphatic carbocycles. The SMILES string of the molecule is CC1(C)CC[C@]2(C(=O)O[C@@H]3O[C@H](CO)[C@@H](O)[C@H](O)[C@H]3O)CC[C@]3(C)C(=CC[C@@H]4[C@@]5(C)CC[C@H](O[C@@H]6O[C@H](CO)[C@@H](O)[C@H](O)[C@H]6O)[C@@](C)(CO)[C@@H]5CC[C@]43C)[C@@H]2[C@]1(C)O. The second kappa shape index (κ2) is 14.9. The van der Waals surface area contributed by atoms with Crippen molar-refractivity contribution in [2.75, 3.05) is 19.8 Å². The van der Waals surface area contributed by atoms with Gasteiger partial charge in [0.05, 0.1) is 36.9 Å². The summed E-state index contributed by atoms with van der Waals surface area (Å²) in [6.07, 6.45) is -7.94. The predicted octanol–water partition coefficient (Wildman–Crippen LogP) is 0.650. The van der Waals surface area contributed by atoms with E-state index in [9.17, 15) is 55.9 Å². The summed E-state index contributed by atoms with van der Waals surface area (Å²) in [4.78, 5) is 14.7. The van der Waals surface area contributed by atoms with Crippen LogP contribution < -0.4 is 0 Å². The van der Waals surface area contributed by atoms with Gasteiger partial charge in [-0.25, -0.2) is 0 Å². The Bertz CT molecular complexity index is 1580. The van der Waals surface area contributed by atoms with Gasteiger partial charge in [-0.15, -0.1) is 0 Å². The van der Waals surface area contributed by atoms with E-state index in [1.807, 2.05) is 27.7 Å². The number of hydrogen-bond donors (Lipinski definition) is 10. The van der Waals surface area contributed by atoms with Crippen LogP contribution in [-0.4, -0.2) is 150 Å². The molecule has 15 heteroatoms. The zero-order valence-corrected chi connectivity index (χ0v) is 35.2. The predicted molar refractivity (Wildman–Crippen MR) is 205 cm³/mol. The third-order valence-electron chi connectivity index (χ3n) is 18.3. The van der Waals surface area contributed by atoms with Gasteiger partial charge in [-0.1, -0.05) is 53.2 Å². The van der Waals surface area contributed by atoms with Crippen LogP contribution in [0.3, 0.4) is 0 Å². The first-order chi connectivity index (χ1) is 27.0. The van der Waals surface area contributed by atoms with Crippen LogP contribution in [0.5, 0.6) is 0 Å². The van der Waals surface area contributed by atoms with Crippen LogP contribution in [0.2, 0.25) is 0 Å². The summed E-state index contributed by atoms with van der Waals surface area (Å²) in [5.41, 5.74) is -3.94. The summed E-state index contributed by atoms with van der Waals surface area (Å²) in [6.45, 7) is 13.4. The van der Waals surface area contributed by atoms with Gasteiger partial charge < -0.3 is 70.0 Å². The molecule has 7 aliphatic rings. The van der Waals surface area contributed by atoms with Gasteiger partial charge in [-0.2, -0.15) is 0 Å². The minimum atomic E-state index is -1.75. The highest BCUT2D eigenvalue weighted by molar-refractivity contribution is 5.79. The van der Waals surface area contributed by atoms with E-state index in [-0.39, 0.29) is 29.3 Å². The quantitative estimate of drug-likeness (QED) is 0.0961. The molecule has 2 aliphatic heterocycles. The van der Waals surface area contributed by atoms with E-state index in [1.165, 1.54) is 0 Å². The maximum absolute atomic E-state index is 14.7. The lowest BCUT2D eigenvalue weighted by Gasteiger charge is -2.72. The topological polar surface area (TPSA) is 256 Å². The lowest BCUT2D eigenvalue weighted by molar-refractivity contribution is -0.333. The molecule has 2 heterocycles. The van der Waals surface area contributed by atoms with E-state index in [0.717, 1.165) is 24.8 Å². The second-order valence-electron chi connectivity index (χ2n) is 21.0. The fourth-order valence-electron chi connectivity index (χ4n) is 13.9. The van der Waals surface area contributed by atoms with Crippen LogP contribution in [-0.2, 0) is 23.7 Å². The number of fused-ring (bicyclic) bond motifs is 7. The van der Waals surface area contributed by atoms with Crippen molar-refractivity contribution in [3.05, 3.63) is 11.6 Å². The smallest absolute Gasteiger partial charge is 0.315 e. The number of carbonyl (C=O) groups excluding carboxylic acids is 1. The largest absolute Gasteiger partial charge is 0.432 e. The summed E-state index contributed by atoms with van der Waals surface area (Å²) in [5, 5.41) is 107. The monoisotopic (exact) mass is 826 g/mol. The van der Waals surface area contributed by atoms with Gasteiger partial charge in [0.15, 0.2) is 6.29 Å². The number of allylic oxidation sites excluding steroid dienone is 1. The van der Waals surface area contributed by atoms with Crippen LogP contribution in [0.25, 0.3) is 0 Å². The van der Waals surface area contributed by atoms with Gasteiger partial charge in [0.1, 0.15) is 48.8 Å². The third kappa shape index (κ3) is 6.11. The number of rotatable bonds is 7. The number of carbonyl (C=O) groups is 1. The number of esters is 1. The Morgan fingerprint density at radius 2 is 1.28 bits per heavy atom. The summed E-state index contributed by atoms with van der Waals surface area (Å²) in [7, 11) is 0. The molecule has 0 aromatic carbocycles. The summed E-state index contributed by atoms with van der Waals surface area (Å²) in [6, 6.07) is 0. The molecule has 2 saturated heterocycles. The van der Waals surface area contributed by atoms with E-state index in [0.29, 0.717) is 38.5 Å². The highest BCUT2D eigenvalue weighted by Crippen LogP contribution is 2.77. The average Bonchev–Trinajstić information content (AvgIpc) is 3.17. The van der Waals surface area contributed by atoms with Crippen molar-refractivity contribution in [2.24, 2.45) is 50.2 Å². The molecule has 6 fully saturated rings. The highest BCUT2D eigenvalue weighted by atomic mass is 16.7. The maximum Gasteiger partial charge on any atom is 0.315 e. The zero-order valence-electron chi connectivity index (χ0n) is 35.2. The molecule has 15 nitrogen and oxygen atoms in total. The van der Waals surface area contributed by atoms with Crippen molar-refractivity contribution in [1.29, 1.82) is 0 Å². The van der Waals surface area contributed by atoms with Gasteiger partial charge in [0.2, 0.25) is 6.29 Å². The van der Waals surface area contributed by atoms with Crippen molar-refractivity contribution in [2.45, 2.75) is 179 Å². The minimum Gasteiger partial charge on any atom is -0.432 e. The number of aliphatic hydroxyl groups is 10. The molecule has 0 spiro atoms. The first-order valence-electron chi connectivity index (χ1n) is 21.5. The Kier molecular flexibility index (Phi) is 11.5. The molecular weight excluding hydrogens is 756 g/mol. The lowest BCUT2D eigenvalue weighted by atomic mass is 9.32. The van der Waals surface area contributed by atoms with E-state index in [1.54, 1.807) is 0 Å². The van der Waals surface area contributed by atoms with Crippen molar-refractivity contribution in [1.82, 2.24) is 0 Å². The van der Waals surface area contributed by atoms with E-state index < -0.39 is 120 Å². The Morgan fingerprint density at radius 1 is 0.707 bits per heavy atom. The Balaban J connectivity index is 1.21. The second-order valence-corrected chi connectivity index (χ2v) is 21.0. The fourth-order valence-corrected chi connectivity index (χ4v) is 13.9. The van der Waals surface area contributed by atoms with Gasteiger partial charge >= 0.3 is 5.97 Å². The van der Waals surface area contributed by atoms with Crippen molar-refractivity contribution in [3.8, 4) is 0 Å². The molecule has 332 valence electrons. The average molecular weight is 827 g/mol. The summed E-state index contributed by atoms with van der Waals surface area (Å²) >= 11 is 0. The molecule has 0 amide bonds. The number of hydrogen-bond acceptors (Lipinski definition) is 15.